The zero-order chi connectivity index (χ0) is 7.84. The Morgan fingerprint density at radius 1 is 1.55 bits per heavy atom. The number of fused-ring (bicyclic) bond motifs is 1. The van der Waals surface area contributed by atoms with Crippen LogP contribution in [0, 0.1) is 6.92 Å². The fourth-order valence-corrected chi connectivity index (χ4v) is 1.11. The number of aromatic nitrogens is 1. The van der Waals surface area contributed by atoms with Crippen LogP contribution in [0.15, 0.2) is 27.4 Å². The quantitative estimate of drug-likeness (QED) is 0.622. The summed E-state index contributed by atoms with van der Waals surface area (Å²) >= 11 is 0. The van der Waals surface area contributed by atoms with Gasteiger partial charge in [-0.05, 0) is 18.6 Å². The van der Waals surface area contributed by atoms with E-state index in [1.54, 1.807) is 6.07 Å². The molecule has 3 heteroatoms. The molecule has 0 aliphatic carbocycles. The topological polar surface area (TPSA) is 46.0 Å². The van der Waals surface area contributed by atoms with E-state index in [1.165, 1.54) is 0 Å². The number of hydrogen-bond acceptors (Lipinski definition) is 2. The van der Waals surface area contributed by atoms with Gasteiger partial charge in [-0.2, -0.15) is 0 Å². The highest BCUT2D eigenvalue weighted by Crippen LogP contribution is 2.12. The molecule has 1 N–H and O–H groups in total. The second-order valence-electron chi connectivity index (χ2n) is 2.46. The molecule has 0 bridgehead atoms. The Morgan fingerprint density at radius 2 is 2.36 bits per heavy atom. The zero-order valence-corrected chi connectivity index (χ0v) is 6.05. The summed E-state index contributed by atoms with van der Waals surface area (Å²) in [7, 11) is 0. The number of hydrogen-bond donors (Lipinski definition) is 1. The molecule has 2 rings (SSSR count). The first-order valence-electron chi connectivity index (χ1n) is 3.36. The minimum atomic E-state index is -0.394. The highest BCUT2D eigenvalue weighted by atomic mass is 16.4. The number of oxazole rings is 1. The number of aryl methyl sites for hydroxylation is 1. The van der Waals surface area contributed by atoms with Crippen molar-refractivity contribution in [1.29, 1.82) is 0 Å². The maximum Gasteiger partial charge on any atom is 0.417 e. The molecule has 0 aliphatic heterocycles. The predicted molar refractivity (Wildman–Crippen MR) is 43.7 cm³/mol. The van der Waals surface area contributed by atoms with Gasteiger partial charge < -0.3 is 4.42 Å². The third kappa shape index (κ3) is 0.852. The molecular weight excluding hydrogens is 142 g/mol. The molecule has 0 unspecified atom stereocenters. The van der Waals surface area contributed by atoms with Crippen molar-refractivity contribution in [2.24, 2.45) is 0 Å². The number of para-hydroxylation sites is 1. The molecule has 1 aromatic heterocycles. The molecule has 0 saturated heterocycles. The van der Waals surface area contributed by atoms with E-state index >= 15 is 0 Å². The molecular formula is C8H9NO2. The van der Waals surface area contributed by atoms with Crippen LogP contribution in [0.1, 0.15) is 6.99 Å². The fourth-order valence-electron chi connectivity index (χ4n) is 1.11. The molecule has 2 aromatic rings. The normalized spacial score (nSPS) is 10.6. The number of rotatable bonds is 0. The minimum absolute atomic E-state index is 0. The highest BCUT2D eigenvalue weighted by molar-refractivity contribution is 5.75. The van der Waals surface area contributed by atoms with Crippen molar-refractivity contribution >= 4 is 11.1 Å². The monoisotopic (exact) mass is 151 g/mol. The van der Waals surface area contributed by atoms with E-state index in [0.717, 1.165) is 11.1 Å². The summed E-state index contributed by atoms with van der Waals surface area (Å²) in [6.07, 6.45) is 0. The van der Waals surface area contributed by atoms with Crippen LogP contribution in [0.3, 0.4) is 0 Å². The van der Waals surface area contributed by atoms with E-state index in [0.29, 0.717) is 5.58 Å². The third-order valence-electron chi connectivity index (χ3n) is 1.66. The Hall–Kier alpha value is -1.51. The summed E-state index contributed by atoms with van der Waals surface area (Å²) < 4.78 is 4.84. The van der Waals surface area contributed by atoms with Crippen LogP contribution >= 0.6 is 0 Å². The average Bonchev–Trinajstić information content (AvgIpc) is 2.31. The van der Waals surface area contributed by atoms with Crippen LogP contribution in [-0.2, 0) is 0 Å². The third-order valence-corrected chi connectivity index (χ3v) is 1.66. The molecule has 0 saturated carbocycles. The van der Waals surface area contributed by atoms with E-state index in [4.69, 9.17) is 4.42 Å². The summed E-state index contributed by atoms with van der Waals surface area (Å²) in [6.45, 7) is 1.92. The van der Waals surface area contributed by atoms with Crippen LogP contribution in [0.4, 0.5) is 0 Å². The van der Waals surface area contributed by atoms with Crippen molar-refractivity contribution in [2.45, 2.75) is 6.92 Å². The van der Waals surface area contributed by atoms with Gasteiger partial charge in [0.2, 0.25) is 0 Å². The van der Waals surface area contributed by atoms with Gasteiger partial charge in [-0.25, -0.2) is 4.79 Å². The minimum Gasteiger partial charge on any atom is -0.408 e. The first kappa shape index (κ1) is 6.22. The summed E-state index contributed by atoms with van der Waals surface area (Å²) in [4.78, 5) is 13.3. The maximum absolute atomic E-state index is 10.7. The molecule has 0 atom stereocenters. The highest BCUT2D eigenvalue weighted by Gasteiger charge is 2.00. The van der Waals surface area contributed by atoms with E-state index in [9.17, 15) is 4.79 Å². The van der Waals surface area contributed by atoms with Crippen molar-refractivity contribution in [3.05, 3.63) is 34.3 Å². The standard InChI is InChI=1S/C8H7NO2.H2/c1-5-3-2-4-6-7(5)9-8(10)11-6;/h2-4H,1H3,(H,9,10);1H. The van der Waals surface area contributed by atoms with Crippen LogP contribution < -0.4 is 5.76 Å². The second kappa shape index (κ2) is 1.99. The lowest BCUT2D eigenvalue weighted by atomic mass is 10.2. The van der Waals surface area contributed by atoms with Gasteiger partial charge in [0.25, 0.3) is 0 Å². The smallest absolute Gasteiger partial charge is 0.408 e. The Bertz CT molecular complexity index is 443. The molecule has 1 heterocycles. The first-order valence-corrected chi connectivity index (χ1v) is 3.36. The number of H-pyrrole nitrogens is 1. The summed E-state index contributed by atoms with van der Waals surface area (Å²) in [5.41, 5.74) is 2.43. The summed E-state index contributed by atoms with van der Waals surface area (Å²) in [5.74, 6) is -0.394. The van der Waals surface area contributed by atoms with Crippen LogP contribution in [0.5, 0.6) is 0 Å². The second-order valence-corrected chi connectivity index (χ2v) is 2.46. The predicted octanol–water partition coefficient (Wildman–Crippen LogP) is 1.68. The Morgan fingerprint density at radius 3 is 3.09 bits per heavy atom. The van der Waals surface area contributed by atoms with Crippen molar-refractivity contribution in [2.75, 3.05) is 0 Å². The molecule has 0 radical (unpaired) electrons. The molecule has 58 valence electrons. The lowest BCUT2D eigenvalue weighted by molar-refractivity contribution is 0.555. The lowest BCUT2D eigenvalue weighted by Crippen LogP contribution is -1.93. The summed E-state index contributed by atoms with van der Waals surface area (Å²) in [5, 5.41) is 0. The van der Waals surface area contributed by atoms with Crippen LogP contribution in [0.2, 0.25) is 0 Å². The van der Waals surface area contributed by atoms with Gasteiger partial charge in [0.15, 0.2) is 5.58 Å². The van der Waals surface area contributed by atoms with Gasteiger partial charge in [-0.15, -0.1) is 0 Å². The Balaban J connectivity index is 0.000000720. The van der Waals surface area contributed by atoms with Gasteiger partial charge in [0.05, 0.1) is 5.52 Å². The summed E-state index contributed by atoms with van der Waals surface area (Å²) in [6, 6.07) is 5.54. The van der Waals surface area contributed by atoms with Gasteiger partial charge >= 0.3 is 5.76 Å². The van der Waals surface area contributed by atoms with Crippen LogP contribution in [0.25, 0.3) is 11.1 Å². The van der Waals surface area contributed by atoms with Gasteiger partial charge in [0, 0.05) is 1.43 Å². The molecule has 0 amide bonds. The molecule has 3 nitrogen and oxygen atoms in total. The first-order chi connectivity index (χ1) is 5.27. The zero-order valence-electron chi connectivity index (χ0n) is 6.05. The molecule has 0 aliphatic rings. The lowest BCUT2D eigenvalue weighted by Gasteiger charge is -1.89. The maximum atomic E-state index is 10.7. The van der Waals surface area contributed by atoms with Crippen LogP contribution in [-0.4, -0.2) is 4.98 Å². The van der Waals surface area contributed by atoms with Gasteiger partial charge in [0.1, 0.15) is 0 Å². The Kier molecular flexibility index (Phi) is 1.12. The van der Waals surface area contributed by atoms with Gasteiger partial charge in [-0.3, -0.25) is 4.98 Å². The fraction of sp³-hybridized carbons (Fsp3) is 0.125. The van der Waals surface area contributed by atoms with Crippen molar-refractivity contribution in [3.63, 3.8) is 0 Å². The van der Waals surface area contributed by atoms with Crippen molar-refractivity contribution < 1.29 is 5.84 Å². The van der Waals surface area contributed by atoms with Gasteiger partial charge in [-0.1, -0.05) is 12.1 Å². The number of benzene rings is 1. The largest absolute Gasteiger partial charge is 0.417 e. The number of aromatic amines is 1. The molecule has 0 fully saturated rings. The van der Waals surface area contributed by atoms with Crippen molar-refractivity contribution in [3.8, 4) is 0 Å². The van der Waals surface area contributed by atoms with Crippen molar-refractivity contribution in [1.82, 2.24) is 4.98 Å². The number of nitrogens with one attached hydrogen (secondary N) is 1. The molecule has 1 aromatic carbocycles. The van der Waals surface area contributed by atoms with E-state index in [1.807, 2.05) is 19.1 Å². The molecule has 0 spiro atoms. The van der Waals surface area contributed by atoms with E-state index in [2.05, 4.69) is 4.98 Å². The molecule has 11 heavy (non-hydrogen) atoms. The van der Waals surface area contributed by atoms with E-state index < -0.39 is 5.76 Å². The average molecular weight is 151 g/mol. The van der Waals surface area contributed by atoms with E-state index in [-0.39, 0.29) is 1.43 Å². The Labute approximate surface area is 64.1 Å². The SMILES string of the molecule is Cc1cccc2oc(=O)[nH]c12.[HH].